The molecule has 0 aromatic carbocycles. The fourth-order valence-electron chi connectivity index (χ4n) is 1.86. The van der Waals surface area contributed by atoms with E-state index in [1.807, 2.05) is 0 Å². The molecule has 70 valence electrons. The third kappa shape index (κ3) is 2.09. The molecular weight excluding hydrogens is 148 g/mol. The molecular formula is C11H20O. The molecule has 1 heteroatoms. The summed E-state index contributed by atoms with van der Waals surface area (Å²) in [6.45, 7) is 4.35. The third-order valence-corrected chi connectivity index (χ3v) is 3.16. The van der Waals surface area contributed by atoms with E-state index < -0.39 is 0 Å². The number of carbonyl (C=O) groups excluding carboxylic acids is 1. The molecule has 0 N–H and O–H groups in total. The minimum absolute atomic E-state index is 0.0910. The van der Waals surface area contributed by atoms with Crippen LogP contribution in [0.5, 0.6) is 0 Å². The van der Waals surface area contributed by atoms with E-state index in [2.05, 4.69) is 13.8 Å². The van der Waals surface area contributed by atoms with Crippen molar-refractivity contribution in [2.24, 2.45) is 5.41 Å². The molecule has 0 spiro atoms. The van der Waals surface area contributed by atoms with Crippen LogP contribution in [0.3, 0.4) is 0 Å². The van der Waals surface area contributed by atoms with Crippen molar-refractivity contribution in [2.45, 2.75) is 58.8 Å². The third-order valence-electron chi connectivity index (χ3n) is 3.16. The van der Waals surface area contributed by atoms with Crippen LogP contribution in [0.1, 0.15) is 58.8 Å². The predicted octanol–water partition coefficient (Wildman–Crippen LogP) is 3.33. The minimum Gasteiger partial charge on any atom is -0.299 e. The molecule has 1 aliphatic carbocycles. The van der Waals surface area contributed by atoms with Crippen LogP contribution >= 0.6 is 0 Å². The predicted molar refractivity (Wildman–Crippen MR) is 51.1 cm³/mol. The van der Waals surface area contributed by atoms with Gasteiger partial charge in [0.05, 0.1) is 0 Å². The van der Waals surface area contributed by atoms with Crippen LogP contribution in [-0.4, -0.2) is 5.78 Å². The van der Waals surface area contributed by atoms with Gasteiger partial charge in [-0.3, -0.25) is 4.79 Å². The average molecular weight is 168 g/mol. The molecule has 1 atom stereocenters. The first-order chi connectivity index (χ1) is 5.69. The lowest BCUT2D eigenvalue weighted by molar-refractivity contribution is -0.137. The second kappa shape index (κ2) is 4.06. The Kier molecular flexibility index (Phi) is 3.30. The van der Waals surface area contributed by atoms with Crippen LogP contribution in [0.2, 0.25) is 0 Å². The quantitative estimate of drug-likeness (QED) is 0.575. The highest BCUT2D eigenvalue weighted by Gasteiger charge is 2.40. The fraction of sp³-hybridized carbons (Fsp3) is 0.909. The van der Waals surface area contributed by atoms with Gasteiger partial charge in [-0.1, -0.05) is 39.5 Å². The van der Waals surface area contributed by atoms with Gasteiger partial charge in [-0.25, -0.2) is 0 Å². The summed E-state index contributed by atoms with van der Waals surface area (Å²) in [5, 5.41) is 0. The smallest absolute Gasteiger partial charge is 0.138 e. The second-order valence-corrected chi connectivity index (χ2v) is 4.29. The van der Waals surface area contributed by atoms with Crippen LogP contribution < -0.4 is 0 Å². The van der Waals surface area contributed by atoms with Crippen molar-refractivity contribution in [3.8, 4) is 0 Å². The Morgan fingerprint density at radius 3 is 2.50 bits per heavy atom. The summed E-state index contributed by atoms with van der Waals surface area (Å²) in [4.78, 5) is 11.2. The Hall–Kier alpha value is -0.330. The van der Waals surface area contributed by atoms with Crippen LogP contribution in [0, 0.1) is 5.41 Å². The van der Waals surface area contributed by atoms with Crippen molar-refractivity contribution in [2.75, 3.05) is 0 Å². The molecule has 1 unspecified atom stereocenters. The fourth-order valence-corrected chi connectivity index (χ4v) is 1.86. The molecule has 1 aliphatic rings. The van der Waals surface area contributed by atoms with Gasteiger partial charge in [0.15, 0.2) is 0 Å². The molecule has 0 saturated heterocycles. The van der Waals surface area contributed by atoms with Gasteiger partial charge in [-0.05, 0) is 12.8 Å². The van der Waals surface area contributed by atoms with E-state index in [-0.39, 0.29) is 5.41 Å². The lowest BCUT2D eigenvalue weighted by Crippen LogP contribution is -2.37. The van der Waals surface area contributed by atoms with Crippen molar-refractivity contribution < 1.29 is 4.79 Å². The molecule has 0 aromatic rings. The van der Waals surface area contributed by atoms with Crippen molar-refractivity contribution in [1.29, 1.82) is 0 Å². The van der Waals surface area contributed by atoms with E-state index in [0.717, 1.165) is 19.3 Å². The van der Waals surface area contributed by atoms with Gasteiger partial charge in [0.1, 0.15) is 5.78 Å². The topological polar surface area (TPSA) is 17.1 Å². The molecule has 0 radical (unpaired) electrons. The van der Waals surface area contributed by atoms with Crippen molar-refractivity contribution >= 4 is 5.78 Å². The average Bonchev–Trinajstić information content (AvgIpc) is 2.09. The number of unbranched alkanes of at least 4 members (excludes halogenated alkanes) is 3. The Morgan fingerprint density at radius 2 is 2.08 bits per heavy atom. The van der Waals surface area contributed by atoms with Gasteiger partial charge in [0.25, 0.3) is 0 Å². The van der Waals surface area contributed by atoms with E-state index >= 15 is 0 Å². The summed E-state index contributed by atoms with van der Waals surface area (Å²) in [5.74, 6) is 0.499. The minimum atomic E-state index is 0.0910. The molecule has 1 saturated carbocycles. The maximum Gasteiger partial charge on any atom is 0.138 e. The number of rotatable bonds is 5. The number of hydrogen-bond donors (Lipinski definition) is 0. The largest absolute Gasteiger partial charge is 0.299 e. The molecule has 0 bridgehead atoms. The van der Waals surface area contributed by atoms with Gasteiger partial charge in [-0.15, -0.1) is 0 Å². The highest BCUT2D eigenvalue weighted by molar-refractivity contribution is 5.89. The lowest BCUT2D eigenvalue weighted by atomic mass is 9.66. The van der Waals surface area contributed by atoms with Gasteiger partial charge in [0, 0.05) is 11.8 Å². The van der Waals surface area contributed by atoms with Crippen molar-refractivity contribution in [1.82, 2.24) is 0 Å². The van der Waals surface area contributed by atoms with E-state index in [1.165, 1.54) is 25.7 Å². The van der Waals surface area contributed by atoms with E-state index in [4.69, 9.17) is 0 Å². The first-order valence-electron chi connectivity index (χ1n) is 5.22. The van der Waals surface area contributed by atoms with Gasteiger partial charge in [0.2, 0.25) is 0 Å². The molecule has 1 nitrogen and oxygen atoms in total. The van der Waals surface area contributed by atoms with Crippen molar-refractivity contribution in [3.05, 3.63) is 0 Å². The van der Waals surface area contributed by atoms with Gasteiger partial charge in [-0.2, -0.15) is 0 Å². The van der Waals surface area contributed by atoms with Crippen LogP contribution in [0.4, 0.5) is 0 Å². The molecule has 1 fully saturated rings. The second-order valence-electron chi connectivity index (χ2n) is 4.29. The summed E-state index contributed by atoms with van der Waals surface area (Å²) < 4.78 is 0. The van der Waals surface area contributed by atoms with E-state index in [9.17, 15) is 4.79 Å². The zero-order chi connectivity index (χ0) is 9.03. The Labute approximate surface area is 75.5 Å². The van der Waals surface area contributed by atoms with Gasteiger partial charge >= 0.3 is 0 Å². The SMILES string of the molecule is CCCCCCC1(C)CCC1=O. The summed E-state index contributed by atoms with van der Waals surface area (Å²) >= 11 is 0. The molecule has 12 heavy (non-hydrogen) atoms. The number of ketones is 1. The summed E-state index contributed by atoms with van der Waals surface area (Å²) in [6, 6.07) is 0. The summed E-state index contributed by atoms with van der Waals surface area (Å²) in [7, 11) is 0. The van der Waals surface area contributed by atoms with E-state index in [0.29, 0.717) is 5.78 Å². The zero-order valence-corrected chi connectivity index (χ0v) is 8.36. The zero-order valence-electron chi connectivity index (χ0n) is 8.36. The van der Waals surface area contributed by atoms with E-state index in [1.54, 1.807) is 0 Å². The molecule has 0 heterocycles. The standard InChI is InChI=1S/C11H20O/c1-3-4-5-6-8-11(2)9-7-10(11)12/h3-9H2,1-2H3. The van der Waals surface area contributed by atoms with Crippen molar-refractivity contribution in [3.63, 3.8) is 0 Å². The number of hydrogen-bond acceptors (Lipinski definition) is 1. The van der Waals surface area contributed by atoms with Gasteiger partial charge < -0.3 is 0 Å². The highest BCUT2D eigenvalue weighted by atomic mass is 16.1. The highest BCUT2D eigenvalue weighted by Crippen LogP contribution is 2.41. The number of Topliss-reactive ketones (excluding diaryl/α,β-unsaturated/α-hetero) is 1. The van der Waals surface area contributed by atoms with Crippen LogP contribution in [-0.2, 0) is 4.79 Å². The lowest BCUT2D eigenvalue weighted by Gasteiger charge is -2.36. The Morgan fingerprint density at radius 1 is 1.33 bits per heavy atom. The summed E-state index contributed by atoms with van der Waals surface area (Å²) in [5.41, 5.74) is 0.0910. The molecule has 0 amide bonds. The first-order valence-corrected chi connectivity index (χ1v) is 5.22. The first kappa shape index (κ1) is 9.76. The van der Waals surface area contributed by atoms with Crippen LogP contribution in [0.25, 0.3) is 0 Å². The Balaban J connectivity index is 2.10. The Bertz CT molecular complexity index is 162. The monoisotopic (exact) mass is 168 g/mol. The van der Waals surface area contributed by atoms with Crippen LogP contribution in [0.15, 0.2) is 0 Å². The maximum atomic E-state index is 11.2. The molecule has 0 aromatic heterocycles. The summed E-state index contributed by atoms with van der Waals surface area (Å²) in [6.07, 6.45) is 8.26. The molecule has 1 rings (SSSR count). The maximum absolute atomic E-state index is 11.2. The normalized spacial score (nSPS) is 28.7. The molecule has 0 aliphatic heterocycles. The number of carbonyl (C=O) groups is 1.